The molecule has 35 heavy (non-hydrogen) atoms. The number of hydrogen-bond acceptors (Lipinski definition) is 5. The van der Waals surface area contributed by atoms with E-state index in [9.17, 15) is 9.59 Å². The minimum Gasteiger partial charge on any atom is -0.493 e. The van der Waals surface area contributed by atoms with Gasteiger partial charge in [0.05, 0.1) is 13.2 Å². The predicted octanol–water partition coefficient (Wildman–Crippen LogP) is 4.87. The SMILES string of the molecule is COc1ccccc1OCC1c2ccsc2CCN1C(=O)CN(C(=O)c1ccc(C)cc1)C1CC1. The summed E-state index contributed by atoms with van der Waals surface area (Å²) < 4.78 is 11.6. The Morgan fingerprint density at radius 3 is 2.51 bits per heavy atom. The lowest BCUT2D eigenvalue weighted by molar-refractivity contribution is -0.135. The molecule has 5 rings (SSSR count). The molecule has 0 radical (unpaired) electrons. The van der Waals surface area contributed by atoms with Crippen molar-refractivity contribution in [3.8, 4) is 11.5 Å². The van der Waals surface area contributed by atoms with Crippen LogP contribution in [0.4, 0.5) is 0 Å². The number of carbonyl (C=O) groups excluding carboxylic acids is 2. The van der Waals surface area contributed by atoms with Gasteiger partial charge in [-0.15, -0.1) is 11.3 Å². The van der Waals surface area contributed by atoms with Crippen molar-refractivity contribution in [1.82, 2.24) is 9.80 Å². The molecule has 0 N–H and O–H groups in total. The first-order chi connectivity index (χ1) is 17.0. The summed E-state index contributed by atoms with van der Waals surface area (Å²) in [5.41, 5.74) is 2.87. The first-order valence-corrected chi connectivity index (χ1v) is 12.9. The van der Waals surface area contributed by atoms with Crippen LogP contribution < -0.4 is 9.47 Å². The molecular weight excluding hydrogens is 460 g/mol. The van der Waals surface area contributed by atoms with Gasteiger partial charge < -0.3 is 19.3 Å². The van der Waals surface area contributed by atoms with Crippen molar-refractivity contribution in [1.29, 1.82) is 0 Å². The van der Waals surface area contributed by atoms with E-state index < -0.39 is 0 Å². The fourth-order valence-electron chi connectivity index (χ4n) is 4.63. The van der Waals surface area contributed by atoms with Gasteiger partial charge in [-0.3, -0.25) is 9.59 Å². The Hall–Kier alpha value is -3.32. The molecule has 2 amide bonds. The number of rotatable bonds is 8. The van der Waals surface area contributed by atoms with Crippen molar-refractivity contribution < 1.29 is 19.1 Å². The average Bonchev–Trinajstić information content (AvgIpc) is 3.61. The highest BCUT2D eigenvalue weighted by molar-refractivity contribution is 7.10. The molecule has 182 valence electrons. The number of nitrogens with zero attached hydrogens (tertiary/aromatic N) is 2. The number of methoxy groups -OCH3 is 1. The predicted molar refractivity (Wildman–Crippen MR) is 136 cm³/mol. The molecule has 2 aromatic carbocycles. The van der Waals surface area contributed by atoms with Gasteiger partial charge in [0.1, 0.15) is 13.2 Å². The number of fused-ring (bicyclic) bond motifs is 1. The van der Waals surface area contributed by atoms with Crippen LogP contribution in [0.25, 0.3) is 0 Å². The quantitative estimate of drug-likeness (QED) is 0.452. The van der Waals surface area contributed by atoms with Crippen molar-refractivity contribution in [2.75, 3.05) is 26.8 Å². The number of ether oxygens (including phenoxy) is 2. The van der Waals surface area contributed by atoms with Crippen LogP contribution in [-0.2, 0) is 11.2 Å². The highest BCUT2D eigenvalue weighted by Crippen LogP contribution is 2.36. The van der Waals surface area contributed by atoms with Crippen molar-refractivity contribution in [2.24, 2.45) is 0 Å². The summed E-state index contributed by atoms with van der Waals surface area (Å²) in [5, 5.41) is 2.08. The maximum Gasteiger partial charge on any atom is 0.254 e. The number of benzene rings is 2. The molecule has 7 heteroatoms. The van der Waals surface area contributed by atoms with Crippen LogP contribution in [0.5, 0.6) is 11.5 Å². The summed E-state index contributed by atoms with van der Waals surface area (Å²) in [5.74, 6) is 1.20. The molecule has 0 spiro atoms. The molecule has 2 aliphatic rings. The van der Waals surface area contributed by atoms with E-state index in [-0.39, 0.29) is 30.4 Å². The second kappa shape index (κ2) is 10.1. The Labute approximate surface area is 210 Å². The van der Waals surface area contributed by atoms with Crippen molar-refractivity contribution in [2.45, 2.75) is 38.3 Å². The highest BCUT2D eigenvalue weighted by atomic mass is 32.1. The van der Waals surface area contributed by atoms with Gasteiger partial charge in [0.25, 0.3) is 5.91 Å². The Morgan fingerprint density at radius 1 is 1.06 bits per heavy atom. The Balaban J connectivity index is 1.35. The van der Waals surface area contributed by atoms with Gasteiger partial charge >= 0.3 is 0 Å². The lowest BCUT2D eigenvalue weighted by atomic mass is 10.00. The smallest absolute Gasteiger partial charge is 0.254 e. The number of carbonyl (C=O) groups is 2. The number of thiophene rings is 1. The Bertz CT molecular complexity index is 1200. The zero-order valence-corrected chi connectivity index (χ0v) is 20.9. The summed E-state index contributed by atoms with van der Waals surface area (Å²) in [6.07, 6.45) is 2.71. The zero-order chi connectivity index (χ0) is 24.4. The molecule has 1 atom stereocenters. The third kappa shape index (κ3) is 5.05. The second-order valence-corrected chi connectivity index (χ2v) is 10.1. The zero-order valence-electron chi connectivity index (χ0n) is 20.1. The van der Waals surface area contributed by atoms with Gasteiger partial charge in [0.2, 0.25) is 5.91 Å². The molecule has 1 aromatic heterocycles. The third-order valence-corrected chi connectivity index (χ3v) is 7.73. The standard InChI is InChI=1S/C28H30N2O4S/c1-19-7-9-20(10-8-19)28(32)30(21-11-12-21)17-27(31)29-15-13-26-22(14-16-35-26)23(29)18-34-25-6-4-3-5-24(25)33-2/h3-10,14,16,21,23H,11-13,15,17-18H2,1-2H3. The van der Waals surface area contributed by atoms with Crippen molar-refractivity contribution in [3.05, 3.63) is 81.5 Å². The first kappa shape index (κ1) is 23.4. The van der Waals surface area contributed by atoms with Crippen LogP contribution in [0.3, 0.4) is 0 Å². The molecule has 3 aromatic rings. The maximum absolute atomic E-state index is 13.7. The number of aryl methyl sites for hydroxylation is 1. The van der Waals surface area contributed by atoms with Crippen LogP contribution in [0, 0.1) is 6.92 Å². The van der Waals surface area contributed by atoms with Gasteiger partial charge in [-0.05, 0) is 67.5 Å². The number of hydrogen-bond donors (Lipinski definition) is 0. The fraction of sp³-hybridized carbons (Fsp3) is 0.357. The van der Waals surface area contributed by atoms with Crippen LogP contribution in [0.2, 0.25) is 0 Å². The Kier molecular flexibility index (Phi) is 6.77. The lowest BCUT2D eigenvalue weighted by Gasteiger charge is -2.37. The van der Waals surface area contributed by atoms with Gasteiger partial charge in [-0.25, -0.2) is 0 Å². The van der Waals surface area contributed by atoms with Crippen LogP contribution >= 0.6 is 11.3 Å². The summed E-state index contributed by atoms with van der Waals surface area (Å²) in [4.78, 5) is 31.9. The Morgan fingerprint density at radius 2 is 1.80 bits per heavy atom. The van der Waals surface area contributed by atoms with Gasteiger partial charge in [-0.1, -0.05) is 29.8 Å². The largest absolute Gasteiger partial charge is 0.493 e. The summed E-state index contributed by atoms with van der Waals surface area (Å²) in [7, 11) is 1.62. The molecule has 0 bridgehead atoms. The van der Waals surface area contributed by atoms with Crippen LogP contribution in [0.15, 0.2) is 60.0 Å². The molecule has 1 aliphatic heterocycles. The molecular formula is C28H30N2O4S. The van der Waals surface area contributed by atoms with Crippen molar-refractivity contribution in [3.63, 3.8) is 0 Å². The summed E-state index contributed by atoms with van der Waals surface area (Å²) in [6.45, 7) is 3.02. The van der Waals surface area contributed by atoms with E-state index in [1.807, 2.05) is 60.4 Å². The van der Waals surface area contributed by atoms with E-state index in [2.05, 4.69) is 11.4 Å². The summed E-state index contributed by atoms with van der Waals surface area (Å²) in [6, 6.07) is 17.1. The van der Waals surface area contributed by atoms with E-state index in [1.165, 1.54) is 4.88 Å². The first-order valence-electron chi connectivity index (χ1n) is 12.0. The van der Waals surface area contributed by atoms with Gasteiger partial charge in [-0.2, -0.15) is 0 Å². The number of para-hydroxylation sites is 2. The highest BCUT2D eigenvalue weighted by Gasteiger charge is 2.38. The lowest BCUT2D eigenvalue weighted by Crippen LogP contribution is -2.48. The molecule has 6 nitrogen and oxygen atoms in total. The van der Waals surface area contributed by atoms with Gasteiger partial charge in [0, 0.05) is 23.0 Å². The average molecular weight is 491 g/mol. The van der Waals surface area contributed by atoms with E-state index in [0.29, 0.717) is 30.2 Å². The molecule has 1 aliphatic carbocycles. The van der Waals surface area contributed by atoms with E-state index in [4.69, 9.17) is 9.47 Å². The van der Waals surface area contributed by atoms with Crippen LogP contribution in [-0.4, -0.2) is 54.5 Å². The maximum atomic E-state index is 13.7. The van der Waals surface area contributed by atoms with E-state index >= 15 is 0 Å². The topological polar surface area (TPSA) is 59.1 Å². The minimum atomic E-state index is -0.210. The van der Waals surface area contributed by atoms with Crippen molar-refractivity contribution >= 4 is 23.2 Å². The molecule has 2 heterocycles. The second-order valence-electron chi connectivity index (χ2n) is 9.14. The van der Waals surface area contributed by atoms with E-state index in [0.717, 1.165) is 30.4 Å². The van der Waals surface area contributed by atoms with Gasteiger partial charge in [0.15, 0.2) is 11.5 Å². The van der Waals surface area contributed by atoms with Crippen LogP contribution in [0.1, 0.15) is 45.2 Å². The third-order valence-electron chi connectivity index (χ3n) is 6.73. The normalized spacial score (nSPS) is 17.0. The fourth-order valence-corrected chi connectivity index (χ4v) is 5.56. The summed E-state index contributed by atoms with van der Waals surface area (Å²) >= 11 is 1.72. The molecule has 1 saturated carbocycles. The molecule has 1 unspecified atom stereocenters. The monoisotopic (exact) mass is 490 g/mol. The number of amides is 2. The van der Waals surface area contributed by atoms with E-state index in [1.54, 1.807) is 23.3 Å². The minimum absolute atomic E-state index is 0.0390. The molecule has 1 fully saturated rings. The molecule has 0 saturated heterocycles.